The summed E-state index contributed by atoms with van der Waals surface area (Å²) in [5, 5.41) is 13.8. The molecule has 0 saturated carbocycles. The fourth-order valence-electron chi connectivity index (χ4n) is 3.14. The number of thiophene rings is 1. The molecule has 7 heteroatoms. The molecule has 2 aromatic heterocycles. The predicted molar refractivity (Wildman–Crippen MR) is 115 cm³/mol. The molecule has 0 aliphatic rings. The molecule has 6 nitrogen and oxygen atoms in total. The van der Waals surface area contributed by atoms with Crippen LogP contribution in [0.4, 0.5) is 0 Å². The maximum atomic E-state index is 12.6. The fourth-order valence-corrected chi connectivity index (χ4v) is 4.10. The number of ether oxygens (including phenoxy) is 1. The Bertz CT molecular complexity index is 1250. The molecule has 0 aliphatic heterocycles. The molecule has 1 amide bonds. The van der Waals surface area contributed by atoms with Gasteiger partial charge in [-0.3, -0.25) is 4.79 Å². The van der Waals surface area contributed by atoms with Gasteiger partial charge in [-0.2, -0.15) is 0 Å². The van der Waals surface area contributed by atoms with Gasteiger partial charge in [0.1, 0.15) is 11.7 Å². The number of carbonyl (C=O) groups excluding carboxylic acids is 1. The normalized spacial score (nSPS) is 11.9. The van der Waals surface area contributed by atoms with Crippen LogP contribution in [-0.2, 0) is 6.54 Å². The molecule has 2 aromatic carbocycles. The molecule has 1 unspecified atom stereocenters. The number of benzene rings is 2. The van der Waals surface area contributed by atoms with E-state index in [1.54, 1.807) is 18.2 Å². The van der Waals surface area contributed by atoms with Crippen molar-refractivity contribution >= 4 is 28.2 Å². The summed E-state index contributed by atoms with van der Waals surface area (Å²) in [6.07, 6.45) is -0.719. The van der Waals surface area contributed by atoms with Crippen molar-refractivity contribution in [2.45, 2.75) is 12.6 Å². The number of aliphatic hydroxyl groups is 1. The Balaban J connectivity index is 1.48. The molecular formula is C23H19NO5S. The lowest BCUT2D eigenvalue weighted by Gasteiger charge is -2.08. The average molecular weight is 421 g/mol. The van der Waals surface area contributed by atoms with Crippen molar-refractivity contribution in [1.82, 2.24) is 5.32 Å². The van der Waals surface area contributed by atoms with Crippen molar-refractivity contribution in [3.8, 4) is 5.75 Å². The van der Waals surface area contributed by atoms with Gasteiger partial charge in [-0.15, -0.1) is 11.3 Å². The zero-order valence-corrected chi connectivity index (χ0v) is 16.9. The summed E-state index contributed by atoms with van der Waals surface area (Å²) in [7, 11) is 1.49. The van der Waals surface area contributed by atoms with Gasteiger partial charge in [-0.1, -0.05) is 42.5 Å². The van der Waals surface area contributed by atoms with Gasteiger partial charge in [-0.05, 0) is 29.8 Å². The third-order valence-corrected chi connectivity index (χ3v) is 5.82. The zero-order chi connectivity index (χ0) is 21.1. The Morgan fingerprint density at radius 1 is 1.13 bits per heavy atom. The second-order valence-corrected chi connectivity index (χ2v) is 7.83. The van der Waals surface area contributed by atoms with Gasteiger partial charge in [0.25, 0.3) is 5.91 Å². The van der Waals surface area contributed by atoms with E-state index in [0.29, 0.717) is 16.7 Å². The number of methoxy groups -OCH3 is 1. The number of para-hydroxylation sites is 1. The van der Waals surface area contributed by atoms with Crippen molar-refractivity contribution in [1.29, 1.82) is 0 Å². The lowest BCUT2D eigenvalue weighted by atomic mass is 10.1. The Morgan fingerprint density at radius 3 is 2.70 bits per heavy atom. The van der Waals surface area contributed by atoms with E-state index in [4.69, 9.17) is 9.15 Å². The third kappa shape index (κ3) is 3.98. The molecule has 152 valence electrons. The molecule has 2 N–H and O–H groups in total. The topological polar surface area (TPSA) is 88.8 Å². The molecule has 4 rings (SSSR count). The largest absolute Gasteiger partial charge is 0.493 e. The van der Waals surface area contributed by atoms with Gasteiger partial charge in [-0.25, -0.2) is 4.79 Å². The maximum absolute atomic E-state index is 12.6. The highest BCUT2D eigenvalue weighted by atomic mass is 32.1. The monoisotopic (exact) mass is 421 g/mol. The Labute approximate surface area is 176 Å². The first-order valence-corrected chi connectivity index (χ1v) is 10.1. The van der Waals surface area contributed by atoms with E-state index in [1.807, 2.05) is 42.5 Å². The number of fused-ring (bicyclic) bond motifs is 1. The average Bonchev–Trinajstić information content (AvgIpc) is 3.25. The zero-order valence-electron chi connectivity index (χ0n) is 16.1. The molecule has 0 radical (unpaired) electrons. The van der Waals surface area contributed by atoms with Crippen molar-refractivity contribution in [2.24, 2.45) is 0 Å². The first-order chi connectivity index (χ1) is 14.6. The van der Waals surface area contributed by atoms with E-state index in [-0.39, 0.29) is 12.1 Å². The molecular weight excluding hydrogens is 402 g/mol. The number of nitrogens with one attached hydrogen (secondary N) is 1. The molecule has 1 atom stereocenters. The first-order valence-electron chi connectivity index (χ1n) is 9.27. The lowest BCUT2D eigenvalue weighted by Crippen LogP contribution is -2.27. The van der Waals surface area contributed by atoms with Crippen LogP contribution >= 0.6 is 11.3 Å². The highest BCUT2D eigenvalue weighted by Crippen LogP contribution is 2.28. The summed E-state index contributed by atoms with van der Waals surface area (Å²) in [4.78, 5) is 26.5. The van der Waals surface area contributed by atoms with Gasteiger partial charge < -0.3 is 19.6 Å². The Hall–Kier alpha value is -3.42. The summed E-state index contributed by atoms with van der Waals surface area (Å²) >= 11 is 1.40. The van der Waals surface area contributed by atoms with Crippen molar-refractivity contribution < 1.29 is 19.1 Å². The summed E-state index contributed by atoms with van der Waals surface area (Å²) in [6.45, 7) is 0.237. The molecule has 2 heterocycles. The Morgan fingerprint density at radius 2 is 1.93 bits per heavy atom. The molecule has 4 aromatic rings. The second kappa shape index (κ2) is 8.52. The van der Waals surface area contributed by atoms with Gasteiger partial charge in [0.05, 0.1) is 13.7 Å². The first kappa shape index (κ1) is 19.9. The van der Waals surface area contributed by atoms with Crippen molar-refractivity contribution in [3.63, 3.8) is 0 Å². The predicted octanol–water partition coefficient (Wildman–Crippen LogP) is 3.87. The van der Waals surface area contributed by atoms with Crippen molar-refractivity contribution in [2.75, 3.05) is 7.11 Å². The van der Waals surface area contributed by atoms with E-state index in [2.05, 4.69) is 5.32 Å². The summed E-state index contributed by atoms with van der Waals surface area (Å²) in [6, 6.07) is 19.7. The summed E-state index contributed by atoms with van der Waals surface area (Å²) in [5.74, 6) is -0.0910. The molecule has 0 spiro atoms. The van der Waals surface area contributed by atoms with Crippen LogP contribution in [0.2, 0.25) is 0 Å². The SMILES string of the molecule is COc1cccc2cc(C(=O)NCc3ccc(C(O)c4ccccc4)s3)c(=O)oc12. The minimum Gasteiger partial charge on any atom is -0.493 e. The highest BCUT2D eigenvalue weighted by Gasteiger charge is 2.17. The molecule has 0 fully saturated rings. The van der Waals surface area contributed by atoms with Gasteiger partial charge >= 0.3 is 5.63 Å². The van der Waals surface area contributed by atoms with Crippen LogP contribution in [0.5, 0.6) is 5.75 Å². The fraction of sp³-hybridized carbons (Fsp3) is 0.130. The maximum Gasteiger partial charge on any atom is 0.349 e. The molecule has 0 saturated heterocycles. The van der Waals surface area contributed by atoms with E-state index in [0.717, 1.165) is 15.3 Å². The number of amides is 1. The van der Waals surface area contributed by atoms with E-state index in [1.165, 1.54) is 24.5 Å². The number of aliphatic hydroxyl groups excluding tert-OH is 1. The van der Waals surface area contributed by atoms with Crippen LogP contribution < -0.4 is 15.7 Å². The van der Waals surface area contributed by atoms with E-state index >= 15 is 0 Å². The lowest BCUT2D eigenvalue weighted by molar-refractivity contribution is 0.0947. The number of hydrogen-bond donors (Lipinski definition) is 2. The second-order valence-electron chi connectivity index (χ2n) is 6.63. The molecule has 0 aliphatic carbocycles. The Kier molecular flexibility index (Phi) is 5.65. The van der Waals surface area contributed by atoms with Gasteiger partial charge in [0.15, 0.2) is 11.3 Å². The number of carbonyl (C=O) groups is 1. The minimum atomic E-state index is -0.726. The van der Waals surface area contributed by atoms with E-state index < -0.39 is 17.6 Å². The van der Waals surface area contributed by atoms with Crippen LogP contribution in [0.3, 0.4) is 0 Å². The number of hydrogen-bond acceptors (Lipinski definition) is 6. The van der Waals surface area contributed by atoms with Crippen LogP contribution in [0.15, 0.2) is 75.9 Å². The standard InChI is InChI=1S/C23H19NO5S/c1-28-18-9-5-8-15-12-17(23(27)29-21(15)18)22(26)24-13-16-10-11-19(30-16)20(25)14-6-3-2-4-7-14/h2-12,20,25H,13H2,1H3,(H,24,26). The third-order valence-electron chi connectivity index (χ3n) is 4.68. The highest BCUT2D eigenvalue weighted by molar-refractivity contribution is 7.12. The van der Waals surface area contributed by atoms with Crippen LogP contribution in [-0.4, -0.2) is 18.1 Å². The van der Waals surface area contributed by atoms with Crippen LogP contribution in [0.1, 0.15) is 31.8 Å². The smallest absolute Gasteiger partial charge is 0.349 e. The number of rotatable bonds is 6. The van der Waals surface area contributed by atoms with Crippen LogP contribution in [0.25, 0.3) is 11.0 Å². The van der Waals surface area contributed by atoms with Crippen LogP contribution in [0, 0.1) is 0 Å². The van der Waals surface area contributed by atoms with Gasteiger partial charge in [0, 0.05) is 15.1 Å². The quantitative estimate of drug-likeness (QED) is 0.461. The van der Waals surface area contributed by atoms with Crippen molar-refractivity contribution in [3.05, 3.63) is 98.0 Å². The molecule has 30 heavy (non-hydrogen) atoms. The van der Waals surface area contributed by atoms with E-state index in [9.17, 15) is 14.7 Å². The molecule has 0 bridgehead atoms. The summed E-state index contributed by atoms with van der Waals surface area (Å²) in [5.41, 5.74) is 0.311. The minimum absolute atomic E-state index is 0.0724. The summed E-state index contributed by atoms with van der Waals surface area (Å²) < 4.78 is 10.5. The van der Waals surface area contributed by atoms with Gasteiger partial charge in [0.2, 0.25) is 0 Å².